The fourth-order valence-electron chi connectivity index (χ4n) is 3.53. The van der Waals surface area contributed by atoms with Gasteiger partial charge in [-0.25, -0.2) is 0 Å². The van der Waals surface area contributed by atoms with Crippen LogP contribution >= 0.6 is 15.9 Å². The molecule has 1 unspecified atom stereocenters. The number of piperidine rings is 1. The van der Waals surface area contributed by atoms with E-state index in [1.165, 1.54) is 12.0 Å². The Morgan fingerprint density at radius 3 is 2.71 bits per heavy atom. The summed E-state index contributed by atoms with van der Waals surface area (Å²) < 4.78 is 1.07. The second kappa shape index (κ2) is 6.09. The first-order chi connectivity index (χ1) is 10.2. The van der Waals surface area contributed by atoms with Gasteiger partial charge < -0.3 is 10.2 Å². The minimum absolute atomic E-state index is 0.220. The molecule has 0 bridgehead atoms. The summed E-state index contributed by atoms with van der Waals surface area (Å²) in [4.78, 5) is 15.1. The molecule has 1 amide bonds. The van der Waals surface area contributed by atoms with Crippen LogP contribution < -0.4 is 5.32 Å². The Labute approximate surface area is 135 Å². The maximum atomic E-state index is 13.0. The number of likely N-dealkylation sites (tertiary alicyclic amines) is 1. The van der Waals surface area contributed by atoms with Gasteiger partial charge in [-0.3, -0.25) is 4.79 Å². The van der Waals surface area contributed by atoms with Crippen molar-refractivity contribution < 1.29 is 4.79 Å². The number of halogens is 1. The van der Waals surface area contributed by atoms with E-state index in [9.17, 15) is 4.79 Å². The average molecular weight is 351 g/mol. The lowest BCUT2D eigenvalue weighted by Crippen LogP contribution is -2.46. The summed E-state index contributed by atoms with van der Waals surface area (Å²) in [6, 6.07) is 8.29. The van der Waals surface area contributed by atoms with Gasteiger partial charge in [-0.15, -0.1) is 0 Å². The van der Waals surface area contributed by atoms with E-state index in [0.29, 0.717) is 11.8 Å². The Morgan fingerprint density at radius 1 is 1.38 bits per heavy atom. The SMILES string of the molecule is CNCC1CCCN(C(=O)C2(c3ccc(Br)cc3)CC2)C1. The van der Waals surface area contributed by atoms with E-state index in [4.69, 9.17) is 0 Å². The Hall–Kier alpha value is -0.870. The van der Waals surface area contributed by atoms with Crippen molar-refractivity contribution in [2.24, 2.45) is 5.92 Å². The van der Waals surface area contributed by atoms with Crippen LogP contribution in [0, 0.1) is 5.92 Å². The van der Waals surface area contributed by atoms with Crippen LogP contribution in [0.3, 0.4) is 0 Å². The molecule has 1 N–H and O–H groups in total. The summed E-state index contributed by atoms with van der Waals surface area (Å²) in [6.45, 7) is 2.85. The van der Waals surface area contributed by atoms with Crippen LogP contribution in [-0.4, -0.2) is 37.5 Å². The Morgan fingerprint density at radius 2 is 2.10 bits per heavy atom. The molecule has 0 aromatic heterocycles. The summed E-state index contributed by atoms with van der Waals surface area (Å²) in [6.07, 6.45) is 4.37. The topological polar surface area (TPSA) is 32.3 Å². The Balaban J connectivity index is 1.73. The number of hydrogen-bond donors (Lipinski definition) is 1. The molecule has 3 nitrogen and oxygen atoms in total. The van der Waals surface area contributed by atoms with Gasteiger partial charge in [-0.05, 0) is 62.9 Å². The number of carbonyl (C=O) groups excluding carboxylic acids is 1. The van der Waals surface area contributed by atoms with Crippen LogP contribution in [0.5, 0.6) is 0 Å². The zero-order chi connectivity index (χ0) is 14.9. The van der Waals surface area contributed by atoms with Crippen LogP contribution in [0.1, 0.15) is 31.2 Å². The highest BCUT2D eigenvalue weighted by atomic mass is 79.9. The smallest absolute Gasteiger partial charge is 0.233 e. The number of benzene rings is 1. The third-order valence-electron chi connectivity index (χ3n) is 4.86. The predicted octanol–water partition coefficient (Wildman–Crippen LogP) is 2.94. The molecule has 1 saturated carbocycles. The number of hydrogen-bond acceptors (Lipinski definition) is 2. The number of rotatable bonds is 4. The molecule has 0 spiro atoms. The minimum Gasteiger partial charge on any atom is -0.342 e. The summed E-state index contributed by atoms with van der Waals surface area (Å²) in [7, 11) is 1.99. The van der Waals surface area contributed by atoms with Crippen molar-refractivity contribution in [2.75, 3.05) is 26.7 Å². The van der Waals surface area contributed by atoms with Gasteiger partial charge in [0, 0.05) is 17.6 Å². The maximum absolute atomic E-state index is 13.0. The van der Waals surface area contributed by atoms with E-state index in [1.807, 2.05) is 19.2 Å². The zero-order valence-corrected chi connectivity index (χ0v) is 14.2. The fourth-order valence-corrected chi connectivity index (χ4v) is 3.79. The molecule has 4 heteroatoms. The van der Waals surface area contributed by atoms with E-state index in [-0.39, 0.29) is 5.41 Å². The van der Waals surface area contributed by atoms with E-state index in [1.54, 1.807) is 0 Å². The monoisotopic (exact) mass is 350 g/mol. The molecule has 2 fully saturated rings. The average Bonchev–Trinajstić information content (AvgIpc) is 3.29. The first-order valence-electron chi connectivity index (χ1n) is 7.86. The number of nitrogens with one attached hydrogen (secondary N) is 1. The standard InChI is InChI=1S/C17H23BrN2O/c1-19-11-13-3-2-10-20(12-13)16(21)17(8-9-17)14-4-6-15(18)7-5-14/h4-7,13,19H,2-3,8-12H2,1H3. The van der Waals surface area contributed by atoms with Gasteiger partial charge in [0.15, 0.2) is 0 Å². The molecule has 1 aliphatic carbocycles. The molecule has 1 aromatic carbocycles. The molecular formula is C17H23BrN2O. The summed E-state index contributed by atoms with van der Waals surface area (Å²) in [5.41, 5.74) is 0.967. The molecule has 1 heterocycles. The highest BCUT2D eigenvalue weighted by Gasteiger charge is 2.53. The molecule has 3 rings (SSSR count). The lowest BCUT2D eigenvalue weighted by Gasteiger charge is -2.35. The molecule has 21 heavy (non-hydrogen) atoms. The van der Waals surface area contributed by atoms with Crippen molar-refractivity contribution in [2.45, 2.75) is 31.1 Å². The van der Waals surface area contributed by atoms with Crippen molar-refractivity contribution in [3.63, 3.8) is 0 Å². The van der Waals surface area contributed by atoms with Gasteiger partial charge in [-0.2, -0.15) is 0 Å². The highest BCUT2D eigenvalue weighted by molar-refractivity contribution is 9.10. The second-order valence-electron chi connectivity index (χ2n) is 6.41. The number of carbonyl (C=O) groups is 1. The summed E-state index contributed by atoms with van der Waals surface area (Å²) >= 11 is 3.47. The third kappa shape index (κ3) is 3.02. The minimum atomic E-state index is -0.220. The van der Waals surface area contributed by atoms with Crippen LogP contribution in [0.15, 0.2) is 28.7 Å². The third-order valence-corrected chi connectivity index (χ3v) is 5.38. The number of amides is 1. The van der Waals surface area contributed by atoms with Crippen molar-refractivity contribution in [1.29, 1.82) is 0 Å². The molecule has 0 radical (unpaired) electrons. The first-order valence-corrected chi connectivity index (χ1v) is 8.65. The maximum Gasteiger partial charge on any atom is 0.233 e. The van der Waals surface area contributed by atoms with Crippen molar-refractivity contribution in [3.05, 3.63) is 34.3 Å². The van der Waals surface area contributed by atoms with Gasteiger partial charge in [0.25, 0.3) is 0 Å². The van der Waals surface area contributed by atoms with Gasteiger partial charge >= 0.3 is 0 Å². The number of nitrogens with zero attached hydrogens (tertiary/aromatic N) is 1. The van der Waals surface area contributed by atoms with Crippen LogP contribution in [-0.2, 0) is 10.2 Å². The second-order valence-corrected chi connectivity index (χ2v) is 7.32. The summed E-state index contributed by atoms with van der Waals surface area (Å²) in [5, 5.41) is 3.25. The quantitative estimate of drug-likeness (QED) is 0.905. The van der Waals surface area contributed by atoms with E-state index >= 15 is 0 Å². The van der Waals surface area contributed by atoms with E-state index < -0.39 is 0 Å². The molecule has 114 valence electrons. The molecule has 2 aliphatic rings. The van der Waals surface area contributed by atoms with Gasteiger partial charge in [0.05, 0.1) is 5.41 Å². The van der Waals surface area contributed by atoms with Crippen molar-refractivity contribution >= 4 is 21.8 Å². The lowest BCUT2D eigenvalue weighted by atomic mass is 9.91. The van der Waals surface area contributed by atoms with Crippen molar-refractivity contribution in [3.8, 4) is 0 Å². The molecule has 1 saturated heterocycles. The Bertz CT molecular complexity index is 508. The normalized spacial score (nSPS) is 23.9. The molecule has 1 atom stereocenters. The van der Waals surface area contributed by atoms with E-state index in [2.05, 4.69) is 38.3 Å². The molecular weight excluding hydrogens is 328 g/mol. The Kier molecular flexibility index (Phi) is 4.36. The van der Waals surface area contributed by atoms with Gasteiger partial charge in [0.2, 0.25) is 5.91 Å². The largest absolute Gasteiger partial charge is 0.342 e. The van der Waals surface area contributed by atoms with Crippen LogP contribution in [0.25, 0.3) is 0 Å². The molecule has 1 aliphatic heterocycles. The van der Waals surface area contributed by atoms with Gasteiger partial charge in [-0.1, -0.05) is 28.1 Å². The van der Waals surface area contributed by atoms with Gasteiger partial charge in [0.1, 0.15) is 0 Å². The predicted molar refractivity (Wildman–Crippen MR) is 88.3 cm³/mol. The zero-order valence-electron chi connectivity index (χ0n) is 12.6. The lowest BCUT2D eigenvalue weighted by molar-refractivity contribution is -0.135. The molecule has 1 aromatic rings. The highest BCUT2D eigenvalue weighted by Crippen LogP contribution is 2.50. The van der Waals surface area contributed by atoms with E-state index in [0.717, 1.165) is 43.4 Å². The summed E-state index contributed by atoms with van der Waals surface area (Å²) in [5.74, 6) is 0.957. The first kappa shape index (κ1) is 15.0. The van der Waals surface area contributed by atoms with Crippen LogP contribution in [0.4, 0.5) is 0 Å². The van der Waals surface area contributed by atoms with Crippen LogP contribution in [0.2, 0.25) is 0 Å². The fraction of sp³-hybridized carbons (Fsp3) is 0.588. The van der Waals surface area contributed by atoms with Crippen molar-refractivity contribution in [1.82, 2.24) is 10.2 Å².